The molecule has 0 aromatic carbocycles. The van der Waals surface area contributed by atoms with Crippen molar-refractivity contribution in [2.75, 3.05) is 11.9 Å². The molecule has 0 saturated carbocycles. The van der Waals surface area contributed by atoms with E-state index in [1.54, 1.807) is 6.92 Å². The Kier molecular flexibility index (Phi) is 4.28. The predicted molar refractivity (Wildman–Crippen MR) is 70.1 cm³/mol. The Balaban J connectivity index is 2.89. The first-order valence-electron chi connectivity index (χ1n) is 5.87. The molecular formula is C12H22N4O. The molecule has 1 unspecified atom stereocenters. The van der Waals surface area contributed by atoms with Crippen LogP contribution < -0.4 is 16.6 Å². The summed E-state index contributed by atoms with van der Waals surface area (Å²) >= 11 is 0. The van der Waals surface area contributed by atoms with Crippen LogP contribution in [0.25, 0.3) is 0 Å². The summed E-state index contributed by atoms with van der Waals surface area (Å²) in [6.45, 7) is 8.79. The van der Waals surface area contributed by atoms with Crippen molar-refractivity contribution in [3.8, 4) is 0 Å². The molecule has 0 spiro atoms. The van der Waals surface area contributed by atoms with E-state index in [-0.39, 0.29) is 17.0 Å². The van der Waals surface area contributed by atoms with Crippen LogP contribution in [-0.4, -0.2) is 22.6 Å². The quantitative estimate of drug-likeness (QED) is 0.737. The third kappa shape index (κ3) is 4.19. The number of rotatable bonds is 4. The maximum absolute atomic E-state index is 11.3. The van der Waals surface area contributed by atoms with Gasteiger partial charge in [0.1, 0.15) is 11.6 Å². The lowest BCUT2D eigenvalue weighted by Crippen LogP contribution is -2.36. The Morgan fingerprint density at radius 2 is 2.18 bits per heavy atom. The molecule has 0 bridgehead atoms. The minimum atomic E-state index is -0.139. The zero-order chi connectivity index (χ0) is 13.1. The zero-order valence-corrected chi connectivity index (χ0v) is 11.0. The van der Waals surface area contributed by atoms with Gasteiger partial charge in [-0.15, -0.1) is 0 Å². The second-order valence-corrected chi connectivity index (χ2v) is 5.36. The van der Waals surface area contributed by atoms with Gasteiger partial charge in [-0.3, -0.25) is 4.79 Å². The van der Waals surface area contributed by atoms with Gasteiger partial charge in [-0.25, -0.2) is 4.98 Å². The number of hydrogen-bond acceptors (Lipinski definition) is 4. The topological polar surface area (TPSA) is 83.8 Å². The van der Waals surface area contributed by atoms with Gasteiger partial charge in [0.15, 0.2) is 0 Å². The van der Waals surface area contributed by atoms with E-state index in [2.05, 4.69) is 36.1 Å². The molecule has 0 aliphatic carbocycles. The highest BCUT2D eigenvalue weighted by atomic mass is 16.1. The molecule has 1 aromatic rings. The van der Waals surface area contributed by atoms with Gasteiger partial charge in [-0.2, -0.15) is 0 Å². The molecule has 17 heavy (non-hydrogen) atoms. The number of nitrogens with two attached hydrogens (primary N) is 1. The van der Waals surface area contributed by atoms with E-state index < -0.39 is 0 Å². The second-order valence-electron chi connectivity index (χ2n) is 5.36. The molecule has 0 radical (unpaired) electrons. The standard InChI is InChI=1S/C12H22N4O/c1-8-14-10(7-11(17)15-8)16-9(5-6-13)12(2,3)4/h7,9H,5-6,13H2,1-4H3,(H2,14,15,16,17). The number of hydrogen-bond donors (Lipinski definition) is 3. The lowest BCUT2D eigenvalue weighted by Gasteiger charge is -2.31. The maximum Gasteiger partial charge on any atom is 0.252 e. The fourth-order valence-electron chi connectivity index (χ4n) is 1.72. The number of nitrogens with zero attached hydrogens (tertiary/aromatic N) is 1. The van der Waals surface area contributed by atoms with Crippen molar-refractivity contribution < 1.29 is 0 Å². The van der Waals surface area contributed by atoms with Crippen molar-refractivity contribution >= 4 is 5.82 Å². The van der Waals surface area contributed by atoms with Crippen LogP contribution in [0.15, 0.2) is 10.9 Å². The summed E-state index contributed by atoms with van der Waals surface area (Å²) in [7, 11) is 0. The fraction of sp³-hybridized carbons (Fsp3) is 0.667. The van der Waals surface area contributed by atoms with Crippen molar-refractivity contribution in [3.63, 3.8) is 0 Å². The van der Waals surface area contributed by atoms with Crippen LogP contribution in [0.1, 0.15) is 33.0 Å². The minimum Gasteiger partial charge on any atom is -0.367 e. The fourth-order valence-corrected chi connectivity index (χ4v) is 1.72. The molecule has 0 aliphatic rings. The number of H-pyrrole nitrogens is 1. The summed E-state index contributed by atoms with van der Waals surface area (Å²) in [6.07, 6.45) is 0.844. The van der Waals surface area contributed by atoms with Crippen molar-refractivity contribution in [2.45, 2.75) is 40.2 Å². The Labute approximate surface area is 102 Å². The lowest BCUT2D eigenvalue weighted by molar-refractivity contribution is 0.328. The van der Waals surface area contributed by atoms with Gasteiger partial charge in [-0.1, -0.05) is 20.8 Å². The van der Waals surface area contributed by atoms with E-state index in [4.69, 9.17) is 5.73 Å². The first-order valence-corrected chi connectivity index (χ1v) is 5.87. The van der Waals surface area contributed by atoms with Gasteiger partial charge in [0.05, 0.1) is 0 Å². The number of aromatic amines is 1. The zero-order valence-electron chi connectivity index (χ0n) is 11.0. The highest BCUT2D eigenvalue weighted by molar-refractivity contribution is 5.34. The minimum absolute atomic E-state index is 0.0670. The number of anilines is 1. The van der Waals surface area contributed by atoms with Gasteiger partial charge in [0.25, 0.3) is 5.56 Å². The Morgan fingerprint density at radius 1 is 1.53 bits per heavy atom. The molecule has 0 saturated heterocycles. The Bertz CT molecular complexity index is 419. The van der Waals surface area contributed by atoms with Gasteiger partial charge >= 0.3 is 0 Å². The van der Waals surface area contributed by atoms with Crippen molar-refractivity contribution in [3.05, 3.63) is 22.2 Å². The SMILES string of the molecule is Cc1nc(NC(CCN)C(C)(C)C)cc(=O)[nH]1. The molecule has 5 heteroatoms. The first-order chi connectivity index (χ1) is 7.82. The molecule has 1 aromatic heterocycles. The second kappa shape index (κ2) is 5.31. The van der Waals surface area contributed by atoms with Crippen LogP contribution in [0, 0.1) is 12.3 Å². The Hall–Kier alpha value is -1.36. The largest absolute Gasteiger partial charge is 0.367 e. The van der Waals surface area contributed by atoms with Crippen LogP contribution in [-0.2, 0) is 0 Å². The lowest BCUT2D eigenvalue weighted by atomic mass is 9.85. The van der Waals surface area contributed by atoms with Gasteiger partial charge in [0.2, 0.25) is 0 Å². The average Bonchev–Trinajstić information content (AvgIpc) is 2.13. The molecule has 4 N–H and O–H groups in total. The van der Waals surface area contributed by atoms with Crippen LogP contribution in [0.5, 0.6) is 0 Å². The van der Waals surface area contributed by atoms with E-state index in [9.17, 15) is 4.79 Å². The highest BCUT2D eigenvalue weighted by Gasteiger charge is 2.24. The molecule has 0 aliphatic heterocycles. The number of aryl methyl sites for hydroxylation is 1. The van der Waals surface area contributed by atoms with Crippen molar-refractivity contribution in [1.82, 2.24) is 9.97 Å². The van der Waals surface area contributed by atoms with Crippen LogP contribution in [0.2, 0.25) is 0 Å². The van der Waals surface area contributed by atoms with Gasteiger partial charge in [-0.05, 0) is 25.3 Å². The van der Waals surface area contributed by atoms with E-state index in [1.807, 2.05) is 0 Å². The molecule has 1 heterocycles. The average molecular weight is 238 g/mol. The van der Waals surface area contributed by atoms with Gasteiger partial charge in [0, 0.05) is 12.1 Å². The van der Waals surface area contributed by atoms with Crippen molar-refractivity contribution in [1.29, 1.82) is 0 Å². The van der Waals surface area contributed by atoms with Gasteiger partial charge < -0.3 is 16.0 Å². The van der Waals surface area contributed by atoms with Crippen molar-refractivity contribution in [2.24, 2.45) is 11.1 Å². The van der Waals surface area contributed by atoms with E-state index in [0.717, 1.165) is 6.42 Å². The number of aromatic nitrogens is 2. The van der Waals surface area contributed by atoms with E-state index >= 15 is 0 Å². The molecule has 1 atom stereocenters. The van der Waals surface area contributed by atoms with Crippen LogP contribution >= 0.6 is 0 Å². The monoisotopic (exact) mass is 238 g/mol. The van der Waals surface area contributed by atoms with E-state index in [0.29, 0.717) is 18.2 Å². The number of nitrogens with one attached hydrogen (secondary N) is 2. The third-order valence-corrected chi connectivity index (χ3v) is 2.68. The molecule has 0 fully saturated rings. The molecule has 0 amide bonds. The third-order valence-electron chi connectivity index (χ3n) is 2.68. The molecule has 5 nitrogen and oxygen atoms in total. The predicted octanol–water partition coefficient (Wildman–Crippen LogP) is 1.25. The van der Waals surface area contributed by atoms with Crippen LogP contribution in [0.3, 0.4) is 0 Å². The Morgan fingerprint density at radius 3 is 2.65 bits per heavy atom. The summed E-state index contributed by atoms with van der Waals surface area (Å²) in [5.74, 6) is 1.22. The molecule has 96 valence electrons. The normalized spacial score (nSPS) is 13.5. The summed E-state index contributed by atoms with van der Waals surface area (Å²) in [5.41, 5.74) is 5.54. The van der Waals surface area contributed by atoms with E-state index in [1.165, 1.54) is 6.07 Å². The maximum atomic E-state index is 11.3. The smallest absolute Gasteiger partial charge is 0.252 e. The summed E-state index contributed by atoms with van der Waals surface area (Å²) in [6, 6.07) is 1.67. The summed E-state index contributed by atoms with van der Waals surface area (Å²) in [4.78, 5) is 18.2. The summed E-state index contributed by atoms with van der Waals surface area (Å²) < 4.78 is 0. The molecule has 1 rings (SSSR count). The van der Waals surface area contributed by atoms with Crippen LogP contribution in [0.4, 0.5) is 5.82 Å². The summed E-state index contributed by atoms with van der Waals surface area (Å²) in [5, 5.41) is 3.29. The molecular weight excluding hydrogens is 216 g/mol. The highest BCUT2D eigenvalue weighted by Crippen LogP contribution is 2.24. The first kappa shape index (κ1) is 13.7.